The Labute approximate surface area is 197 Å². The van der Waals surface area contributed by atoms with Crippen molar-refractivity contribution in [3.63, 3.8) is 0 Å². The molecular formula is C23H20ClF4N3O3. The van der Waals surface area contributed by atoms with Gasteiger partial charge in [-0.25, -0.2) is 9.18 Å². The third-order valence-corrected chi connectivity index (χ3v) is 5.70. The number of alkyl halides is 3. The van der Waals surface area contributed by atoms with Crippen LogP contribution in [0.4, 0.5) is 23.4 Å². The Morgan fingerprint density at radius 2 is 1.82 bits per heavy atom. The van der Waals surface area contributed by atoms with Gasteiger partial charge >= 0.3 is 11.9 Å². The van der Waals surface area contributed by atoms with Crippen LogP contribution in [0.15, 0.2) is 47.3 Å². The van der Waals surface area contributed by atoms with E-state index in [1.54, 1.807) is 13.1 Å². The monoisotopic (exact) mass is 497 g/mol. The first-order valence-corrected chi connectivity index (χ1v) is 10.8. The Morgan fingerprint density at radius 3 is 2.50 bits per heavy atom. The van der Waals surface area contributed by atoms with E-state index in [-0.39, 0.29) is 24.0 Å². The highest BCUT2D eigenvalue weighted by atomic mass is 35.5. The number of anilines is 1. The highest BCUT2D eigenvalue weighted by Crippen LogP contribution is 2.38. The Bertz CT molecular complexity index is 1260. The second kappa shape index (κ2) is 9.54. The fraction of sp³-hybridized carbons (Fsp3) is 0.304. The van der Waals surface area contributed by atoms with Gasteiger partial charge in [0.15, 0.2) is 11.6 Å². The lowest BCUT2D eigenvalue weighted by Crippen LogP contribution is -2.29. The zero-order valence-electron chi connectivity index (χ0n) is 18.0. The van der Waals surface area contributed by atoms with Crippen molar-refractivity contribution in [1.29, 1.82) is 0 Å². The second-order valence-corrected chi connectivity index (χ2v) is 8.19. The zero-order valence-corrected chi connectivity index (χ0v) is 18.8. The Hall–Kier alpha value is -3.27. The lowest BCUT2D eigenvalue weighted by Gasteiger charge is -2.20. The molecule has 6 nitrogen and oxygen atoms in total. The standard InChI is InChI=1S/C23H20ClF4N3O3/c1-30-21(31-8-2-3-9-31)12-20(29-22(30)32)33-13-14-4-7-19(18(25)10-14)34-15-5-6-17(24)16(11-15)23(26,27)28/h4-7,10-12H,2-3,8-9,13H2,1H3. The molecule has 2 aromatic carbocycles. The summed E-state index contributed by atoms with van der Waals surface area (Å²) in [5.41, 5.74) is -1.12. The molecule has 4 rings (SSSR count). The van der Waals surface area contributed by atoms with E-state index in [9.17, 15) is 22.4 Å². The summed E-state index contributed by atoms with van der Waals surface area (Å²) in [4.78, 5) is 18.2. The predicted octanol–water partition coefficient (Wildman–Crippen LogP) is 5.56. The van der Waals surface area contributed by atoms with Crippen LogP contribution >= 0.6 is 11.6 Å². The van der Waals surface area contributed by atoms with Gasteiger partial charge in [0.2, 0.25) is 5.88 Å². The number of nitrogens with zero attached hydrogens (tertiary/aromatic N) is 3. The number of halogens is 5. The fourth-order valence-corrected chi connectivity index (χ4v) is 3.84. The Morgan fingerprint density at radius 1 is 1.09 bits per heavy atom. The van der Waals surface area contributed by atoms with Gasteiger partial charge in [-0.15, -0.1) is 0 Å². The number of hydrogen-bond donors (Lipinski definition) is 0. The van der Waals surface area contributed by atoms with E-state index in [0.717, 1.165) is 38.1 Å². The molecule has 0 amide bonds. The van der Waals surface area contributed by atoms with Gasteiger partial charge in [-0.2, -0.15) is 18.2 Å². The molecule has 0 radical (unpaired) electrons. The van der Waals surface area contributed by atoms with Crippen molar-refractivity contribution in [3.8, 4) is 17.4 Å². The molecule has 34 heavy (non-hydrogen) atoms. The maximum absolute atomic E-state index is 14.6. The Kier molecular flexibility index (Phi) is 6.70. The molecule has 0 bridgehead atoms. The van der Waals surface area contributed by atoms with Crippen LogP contribution in [0.5, 0.6) is 17.4 Å². The number of benzene rings is 2. The average molecular weight is 498 g/mol. The molecule has 1 aromatic heterocycles. The van der Waals surface area contributed by atoms with Gasteiger partial charge in [0.05, 0.1) is 10.6 Å². The third-order valence-electron chi connectivity index (χ3n) is 5.37. The van der Waals surface area contributed by atoms with Crippen LogP contribution in [0.25, 0.3) is 0 Å². The first-order valence-electron chi connectivity index (χ1n) is 10.4. The van der Waals surface area contributed by atoms with Crippen LogP contribution < -0.4 is 20.1 Å². The molecular weight excluding hydrogens is 478 g/mol. The summed E-state index contributed by atoms with van der Waals surface area (Å²) in [7, 11) is 1.64. The van der Waals surface area contributed by atoms with E-state index in [0.29, 0.717) is 17.4 Å². The molecule has 0 N–H and O–H groups in total. The van der Waals surface area contributed by atoms with Gasteiger partial charge in [0.1, 0.15) is 18.2 Å². The maximum Gasteiger partial charge on any atom is 0.417 e. The minimum absolute atomic E-state index is 0.0734. The molecule has 1 fully saturated rings. The van der Waals surface area contributed by atoms with Gasteiger partial charge in [0.25, 0.3) is 0 Å². The molecule has 0 atom stereocenters. The predicted molar refractivity (Wildman–Crippen MR) is 118 cm³/mol. The van der Waals surface area contributed by atoms with E-state index in [2.05, 4.69) is 9.88 Å². The normalized spacial score (nSPS) is 13.9. The van der Waals surface area contributed by atoms with Crippen LogP contribution in [0.2, 0.25) is 5.02 Å². The molecule has 0 aliphatic carbocycles. The van der Waals surface area contributed by atoms with Crippen LogP contribution in [-0.2, 0) is 19.8 Å². The average Bonchev–Trinajstić information content (AvgIpc) is 3.31. The summed E-state index contributed by atoms with van der Waals surface area (Å²) in [6, 6.07) is 8.54. The van der Waals surface area contributed by atoms with E-state index >= 15 is 0 Å². The molecule has 3 aromatic rings. The smallest absolute Gasteiger partial charge is 0.417 e. The number of rotatable bonds is 6. The fourth-order valence-electron chi connectivity index (χ4n) is 3.62. The van der Waals surface area contributed by atoms with Crippen molar-refractivity contribution in [2.75, 3.05) is 18.0 Å². The van der Waals surface area contributed by atoms with Crippen LogP contribution in [0.3, 0.4) is 0 Å². The molecule has 11 heteroatoms. The maximum atomic E-state index is 14.6. The van der Waals surface area contributed by atoms with Gasteiger partial charge in [-0.1, -0.05) is 17.7 Å². The van der Waals surface area contributed by atoms with Crippen molar-refractivity contribution in [1.82, 2.24) is 9.55 Å². The van der Waals surface area contributed by atoms with E-state index in [1.807, 2.05) is 0 Å². The molecule has 1 saturated heterocycles. The summed E-state index contributed by atoms with van der Waals surface area (Å²) < 4.78 is 66.0. The van der Waals surface area contributed by atoms with Crippen LogP contribution in [0.1, 0.15) is 24.0 Å². The second-order valence-electron chi connectivity index (χ2n) is 7.78. The number of hydrogen-bond acceptors (Lipinski definition) is 5. The van der Waals surface area contributed by atoms with Crippen molar-refractivity contribution >= 4 is 17.4 Å². The lowest BCUT2D eigenvalue weighted by molar-refractivity contribution is -0.137. The summed E-state index contributed by atoms with van der Waals surface area (Å²) in [6.07, 6.45) is -2.60. The minimum Gasteiger partial charge on any atom is -0.473 e. The van der Waals surface area contributed by atoms with Crippen molar-refractivity contribution in [2.45, 2.75) is 25.6 Å². The largest absolute Gasteiger partial charge is 0.473 e. The summed E-state index contributed by atoms with van der Waals surface area (Å²) in [6.45, 7) is 1.60. The van der Waals surface area contributed by atoms with Gasteiger partial charge < -0.3 is 14.4 Å². The lowest BCUT2D eigenvalue weighted by atomic mass is 10.2. The summed E-state index contributed by atoms with van der Waals surface area (Å²) >= 11 is 5.59. The van der Waals surface area contributed by atoms with Crippen molar-refractivity contribution in [2.24, 2.45) is 7.05 Å². The summed E-state index contributed by atoms with van der Waals surface area (Å²) in [5, 5.41) is -0.481. The van der Waals surface area contributed by atoms with Crippen molar-refractivity contribution in [3.05, 3.63) is 74.9 Å². The first kappa shape index (κ1) is 23.9. The number of ether oxygens (including phenoxy) is 2. The highest BCUT2D eigenvalue weighted by molar-refractivity contribution is 6.31. The molecule has 180 valence electrons. The number of aromatic nitrogens is 2. The first-order chi connectivity index (χ1) is 16.1. The highest BCUT2D eigenvalue weighted by Gasteiger charge is 2.33. The third kappa shape index (κ3) is 5.27. The molecule has 0 spiro atoms. The van der Waals surface area contributed by atoms with Crippen LogP contribution in [0, 0.1) is 5.82 Å². The van der Waals surface area contributed by atoms with Gasteiger partial charge in [-0.3, -0.25) is 4.57 Å². The SMILES string of the molecule is Cn1c(N2CCCC2)cc(OCc2ccc(Oc3ccc(Cl)c(C(F)(F)F)c3)c(F)c2)nc1=O. The van der Waals surface area contributed by atoms with Gasteiger partial charge in [0, 0.05) is 26.2 Å². The zero-order chi connectivity index (χ0) is 24.5. The molecule has 1 aliphatic heterocycles. The van der Waals surface area contributed by atoms with Gasteiger partial charge in [-0.05, 0) is 48.7 Å². The van der Waals surface area contributed by atoms with Crippen molar-refractivity contribution < 1.29 is 27.0 Å². The Balaban J connectivity index is 1.47. The van der Waals surface area contributed by atoms with E-state index < -0.39 is 28.3 Å². The van der Waals surface area contributed by atoms with Crippen LogP contribution in [-0.4, -0.2) is 22.6 Å². The molecule has 1 aliphatic rings. The molecule has 2 heterocycles. The van der Waals surface area contributed by atoms with E-state index in [1.165, 1.54) is 22.8 Å². The quantitative estimate of drug-likeness (QED) is 0.417. The topological polar surface area (TPSA) is 56.6 Å². The van der Waals surface area contributed by atoms with E-state index in [4.69, 9.17) is 21.1 Å². The minimum atomic E-state index is -4.67. The molecule has 0 saturated carbocycles. The summed E-state index contributed by atoms with van der Waals surface area (Å²) in [5.74, 6) is -0.449. The molecule has 0 unspecified atom stereocenters.